The van der Waals surface area contributed by atoms with Gasteiger partial charge < -0.3 is 9.30 Å². The van der Waals surface area contributed by atoms with E-state index in [1.807, 2.05) is 0 Å². The highest BCUT2D eigenvalue weighted by atomic mass is 32.2. The lowest BCUT2D eigenvalue weighted by atomic mass is 10.2. The summed E-state index contributed by atoms with van der Waals surface area (Å²) < 4.78 is 29.2. The van der Waals surface area contributed by atoms with Crippen molar-refractivity contribution in [2.75, 3.05) is 7.11 Å². The van der Waals surface area contributed by atoms with Crippen molar-refractivity contribution in [3.8, 4) is 5.75 Å². The molecule has 0 aliphatic carbocycles. The molecule has 0 aliphatic heterocycles. The number of fused-ring (bicyclic) bond motifs is 1. The molecule has 0 saturated heterocycles. The summed E-state index contributed by atoms with van der Waals surface area (Å²) in [6.45, 7) is 0. The summed E-state index contributed by atoms with van der Waals surface area (Å²) in [6.07, 6.45) is 0. The predicted molar refractivity (Wildman–Crippen MR) is 60.8 cm³/mol. The highest BCUT2D eigenvalue weighted by molar-refractivity contribution is 7.89. The Hall–Kier alpha value is -1.53. The van der Waals surface area contributed by atoms with Crippen molar-refractivity contribution < 1.29 is 13.2 Å². The Morgan fingerprint density at radius 2 is 2.00 bits per heavy atom. The molecule has 2 aromatic rings. The van der Waals surface area contributed by atoms with Crippen molar-refractivity contribution in [1.82, 2.24) is 4.57 Å². The van der Waals surface area contributed by atoms with Gasteiger partial charge in [-0.2, -0.15) is 0 Å². The van der Waals surface area contributed by atoms with Crippen molar-refractivity contribution in [2.45, 2.75) is 5.03 Å². The second kappa shape index (κ2) is 3.50. The van der Waals surface area contributed by atoms with Gasteiger partial charge >= 0.3 is 0 Å². The first-order valence-corrected chi connectivity index (χ1v) is 6.14. The molecule has 6 heteroatoms. The molecule has 1 aromatic heterocycles. The molecule has 0 aliphatic rings. The zero-order valence-corrected chi connectivity index (χ0v) is 9.78. The van der Waals surface area contributed by atoms with Gasteiger partial charge in [-0.3, -0.25) is 0 Å². The van der Waals surface area contributed by atoms with Gasteiger partial charge in [0, 0.05) is 18.5 Å². The Labute approximate surface area is 93.5 Å². The number of aromatic nitrogens is 1. The SMILES string of the molecule is COc1ccc2cc(S(N)(=O)=O)n(C)c2c1. The maximum Gasteiger partial charge on any atom is 0.253 e. The molecule has 1 heterocycles. The highest BCUT2D eigenvalue weighted by Crippen LogP contribution is 2.25. The van der Waals surface area contributed by atoms with Crippen LogP contribution in [0.5, 0.6) is 5.75 Å². The van der Waals surface area contributed by atoms with E-state index in [0.717, 1.165) is 10.9 Å². The maximum absolute atomic E-state index is 11.3. The van der Waals surface area contributed by atoms with Gasteiger partial charge in [-0.25, -0.2) is 13.6 Å². The molecule has 0 amide bonds. The van der Waals surface area contributed by atoms with Crippen LogP contribution in [0.15, 0.2) is 29.3 Å². The number of benzene rings is 1. The minimum Gasteiger partial charge on any atom is -0.497 e. The third kappa shape index (κ3) is 1.66. The Morgan fingerprint density at radius 1 is 1.31 bits per heavy atom. The molecule has 1 aromatic carbocycles. The minimum absolute atomic E-state index is 0.0933. The zero-order chi connectivity index (χ0) is 11.9. The van der Waals surface area contributed by atoms with E-state index in [9.17, 15) is 8.42 Å². The molecule has 0 spiro atoms. The average molecular weight is 240 g/mol. The summed E-state index contributed by atoms with van der Waals surface area (Å²) in [5.74, 6) is 0.676. The van der Waals surface area contributed by atoms with Crippen LogP contribution in [-0.2, 0) is 17.1 Å². The third-order valence-corrected chi connectivity index (χ3v) is 3.47. The Morgan fingerprint density at radius 3 is 2.56 bits per heavy atom. The molecular formula is C10H12N2O3S. The molecule has 0 fully saturated rings. The third-order valence-electron chi connectivity index (χ3n) is 2.50. The number of nitrogens with zero attached hydrogens (tertiary/aromatic N) is 1. The highest BCUT2D eigenvalue weighted by Gasteiger charge is 2.15. The summed E-state index contributed by atoms with van der Waals surface area (Å²) in [5.41, 5.74) is 0.767. The van der Waals surface area contributed by atoms with Crippen LogP contribution in [0.4, 0.5) is 0 Å². The van der Waals surface area contributed by atoms with E-state index in [4.69, 9.17) is 9.88 Å². The summed E-state index contributed by atoms with van der Waals surface area (Å²) >= 11 is 0. The van der Waals surface area contributed by atoms with Gasteiger partial charge in [0.15, 0.2) is 5.03 Å². The Kier molecular flexibility index (Phi) is 2.40. The number of sulfonamides is 1. The largest absolute Gasteiger partial charge is 0.497 e. The summed E-state index contributed by atoms with van der Waals surface area (Å²) in [5, 5.41) is 6.02. The number of ether oxygens (including phenoxy) is 1. The summed E-state index contributed by atoms with van der Waals surface area (Å²) in [4.78, 5) is 0. The van der Waals surface area contributed by atoms with Gasteiger partial charge in [0.25, 0.3) is 10.0 Å². The first kappa shape index (κ1) is 11.0. The Balaban J connectivity index is 2.79. The molecule has 0 unspecified atom stereocenters. The molecule has 0 radical (unpaired) electrons. The lowest BCUT2D eigenvalue weighted by Gasteiger charge is -2.03. The number of hydrogen-bond donors (Lipinski definition) is 1. The number of nitrogens with two attached hydrogens (primary N) is 1. The molecule has 86 valence electrons. The molecule has 0 saturated carbocycles. The van der Waals surface area contributed by atoms with Gasteiger partial charge in [-0.05, 0) is 18.2 Å². The number of primary sulfonamides is 1. The van der Waals surface area contributed by atoms with Crippen LogP contribution in [0.3, 0.4) is 0 Å². The first-order chi connectivity index (χ1) is 7.43. The van der Waals surface area contributed by atoms with Gasteiger partial charge in [-0.1, -0.05) is 0 Å². The van der Waals surface area contributed by atoms with Crippen molar-refractivity contribution in [3.05, 3.63) is 24.3 Å². The molecule has 16 heavy (non-hydrogen) atoms. The van der Waals surface area contributed by atoms with Crippen LogP contribution in [-0.4, -0.2) is 20.1 Å². The standard InChI is InChI=1S/C10H12N2O3S/c1-12-9-6-8(15-2)4-3-7(9)5-10(12)16(11,13)14/h3-6H,1-2H3,(H2,11,13,14). The minimum atomic E-state index is -3.69. The van der Waals surface area contributed by atoms with Crippen LogP contribution in [0.1, 0.15) is 0 Å². The molecule has 2 N–H and O–H groups in total. The second-order valence-corrected chi connectivity index (χ2v) is 5.02. The predicted octanol–water partition coefficient (Wildman–Crippen LogP) is 0.834. The van der Waals surface area contributed by atoms with Crippen LogP contribution < -0.4 is 9.88 Å². The lowest BCUT2D eigenvalue weighted by molar-refractivity contribution is 0.415. The van der Waals surface area contributed by atoms with Crippen LogP contribution >= 0.6 is 0 Å². The van der Waals surface area contributed by atoms with Gasteiger partial charge in [0.05, 0.1) is 12.6 Å². The quantitative estimate of drug-likeness (QED) is 0.845. The van der Waals surface area contributed by atoms with Crippen molar-refractivity contribution in [1.29, 1.82) is 0 Å². The Bertz CT molecular complexity index is 643. The number of hydrogen-bond acceptors (Lipinski definition) is 3. The van der Waals surface area contributed by atoms with E-state index in [-0.39, 0.29) is 5.03 Å². The van der Waals surface area contributed by atoms with E-state index in [2.05, 4.69) is 0 Å². The summed E-state index contributed by atoms with van der Waals surface area (Å²) in [7, 11) is -0.478. The van der Waals surface area contributed by atoms with Gasteiger partial charge in [0.1, 0.15) is 5.75 Å². The maximum atomic E-state index is 11.3. The summed E-state index contributed by atoms with van der Waals surface area (Å²) in [6, 6.07) is 6.88. The van der Waals surface area contributed by atoms with E-state index >= 15 is 0 Å². The second-order valence-electron chi connectivity index (χ2n) is 3.51. The lowest BCUT2D eigenvalue weighted by Crippen LogP contribution is -2.15. The molecule has 0 bridgehead atoms. The van der Waals surface area contributed by atoms with Crippen molar-refractivity contribution in [2.24, 2.45) is 12.2 Å². The van der Waals surface area contributed by atoms with E-state index < -0.39 is 10.0 Å². The monoisotopic (exact) mass is 240 g/mol. The van der Waals surface area contributed by atoms with E-state index in [1.54, 1.807) is 38.4 Å². The van der Waals surface area contributed by atoms with Crippen molar-refractivity contribution >= 4 is 20.9 Å². The fraction of sp³-hybridized carbons (Fsp3) is 0.200. The van der Waals surface area contributed by atoms with Crippen LogP contribution in [0, 0.1) is 0 Å². The van der Waals surface area contributed by atoms with Gasteiger partial charge in [-0.15, -0.1) is 0 Å². The smallest absolute Gasteiger partial charge is 0.253 e. The average Bonchev–Trinajstić information content (AvgIpc) is 2.55. The molecule has 5 nitrogen and oxygen atoms in total. The number of methoxy groups -OCH3 is 1. The van der Waals surface area contributed by atoms with Crippen molar-refractivity contribution in [3.63, 3.8) is 0 Å². The molecular weight excluding hydrogens is 228 g/mol. The fourth-order valence-corrected chi connectivity index (χ4v) is 2.46. The van der Waals surface area contributed by atoms with E-state index in [1.165, 1.54) is 4.57 Å². The first-order valence-electron chi connectivity index (χ1n) is 4.60. The fourth-order valence-electron chi connectivity index (χ4n) is 1.68. The number of aryl methyl sites for hydroxylation is 1. The van der Waals surface area contributed by atoms with Gasteiger partial charge in [0.2, 0.25) is 0 Å². The van der Waals surface area contributed by atoms with Crippen LogP contribution in [0.2, 0.25) is 0 Å². The topological polar surface area (TPSA) is 74.3 Å². The van der Waals surface area contributed by atoms with E-state index in [0.29, 0.717) is 5.75 Å². The normalized spacial score (nSPS) is 11.9. The number of rotatable bonds is 2. The molecule has 0 atom stereocenters. The molecule has 2 rings (SSSR count). The van der Waals surface area contributed by atoms with Crippen LogP contribution in [0.25, 0.3) is 10.9 Å². The zero-order valence-electron chi connectivity index (χ0n) is 8.97.